The number of benzene rings is 5. The smallest absolute Gasteiger partial charge is 0.387 e. The van der Waals surface area contributed by atoms with E-state index in [1.54, 1.807) is 60.7 Å². The van der Waals surface area contributed by atoms with E-state index >= 15 is 0 Å². The molecule has 5 N–H and O–H groups in total. The fourth-order valence-electron chi connectivity index (χ4n) is 9.68. The Hall–Kier alpha value is -8.00. The topological polar surface area (TPSA) is 243 Å². The Kier molecular flexibility index (Phi) is 15.9. The molecule has 4 aliphatic heterocycles. The molecule has 2 unspecified atom stereocenters. The second-order valence-electron chi connectivity index (χ2n) is 19.0. The standard InChI is InChI=1S/C54H45Cl2F5N10O9/c1-26(62)64-49(66-38-20-32(55)11-14-35(38)54(59,60)61)48-47(45(46-41(79-48)24-78-53(80-46)29-5-3-2-4-6-29)71-23-39(68-69-71)30-18-36(57)44(56)37(58)19-30)77-25-43(73)63-21-27-7-9-28(10-8-27)50(74)65-33-12-13-34-31(17-33)22-70(52(34)76)40-15-16-42(72)67-51(40)75/h2-14,17-20,23,40-41,45-48,53H,15-16,21-22,24-25H2,1H3,(H,63,73)(H,65,74)(H2,62,64,66)(H,67,72,75)/t40?,41-,45+,46+,47-,48-,53?/m1/s1. The summed E-state index contributed by atoms with van der Waals surface area (Å²) in [6, 6.07) is 22.4. The monoisotopic (exact) mass is 1140 g/mol. The number of carbonyl (C=O) groups is 5. The van der Waals surface area contributed by atoms with Gasteiger partial charge in [0.2, 0.25) is 17.7 Å². The fraction of sp³-hybridized carbons (Fsp3) is 0.278. The van der Waals surface area contributed by atoms with Crippen LogP contribution in [0.3, 0.4) is 0 Å². The van der Waals surface area contributed by atoms with Crippen LogP contribution >= 0.6 is 23.2 Å². The van der Waals surface area contributed by atoms with Crippen LogP contribution in [0.5, 0.6) is 0 Å². The Labute approximate surface area is 461 Å². The molecule has 4 aliphatic rings. The number of nitrogens with one attached hydrogen (secondary N) is 3. The van der Waals surface area contributed by atoms with Crippen LogP contribution in [0.4, 0.5) is 33.3 Å². The third kappa shape index (κ3) is 11.9. The third-order valence-electron chi connectivity index (χ3n) is 13.5. The Balaban J connectivity index is 0.910. The van der Waals surface area contributed by atoms with Gasteiger partial charge in [-0.3, -0.25) is 29.3 Å². The van der Waals surface area contributed by atoms with Gasteiger partial charge in [-0.2, -0.15) is 13.2 Å². The zero-order chi connectivity index (χ0) is 56.6. The number of aliphatic imine (C=N–C) groups is 2. The molecule has 6 aromatic rings. The summed E-state index contributed by atoms with van der Waals surface area (Å²) in [7, 11) is 0. The summed E-state index contributed by atoms with van der Waals surface area (Å²) in [5.41, 5.74) is 6.89. The molecule has 3 saturated heterocycles. The van der Waals surface area contributed by atoms with Crippen molar-refractivity contribution in [2.75, 3.05) is 18.5 Å². The van der Waals surface area contributed by atoms with E-state index in [1.165, 1.54) is 34.8 Å². The minimum atomic E-state index is -4.92. The summed E-state index contributed by atoms with van der Waals surface area (Å²) in [6.07, 6.45) is -9.64. The summed E-state index contributed by atoms with van der Waals surface area (Å²) >= 11 is 12.0. The number of alkyl halides is 3. The van der Waals surface area contributed by atoms with Crippen LogP contribution in [-0.4, -0.2) is 105 Å². The number of ether oxygens (including phenoxy) is 4. The third-order valence-corrected chi connectivity index (χ3v) is 14.1. The maximum Gasteiger partial charge on any atom is 0.418 e. The largest absolute Gasteiger partial charge is 0.418 e. The van der Waals surface area contributed by atoms with Crippen molar-refractivity contribution in [2.24, 2.45) is 15.7 Å². The van der Waals surface area contributed by atoms with Crippen molar-refractivity contribution in [1.82, 2.24) is 30.5 Å². The molecule has 0 bridgehead atoms. The first-order valence-corrected chi connectivity index (χ1v) is 25.4. The van der Waals surface area contributed by atoms with E-state index < -0.39 is 113 Å². The second-order valence-corrected chi connectivity index (χ2v) is 19.8. The molecule has 5 aromatic carbocycles. The molecule has 0 radical (unpaired) electrons. The number of piperidine rings is 1. The van der Waals surface area contributed by atoms with E-state index in [0.29, 0.717) is 27.9 Å². The number of nitrogens with zero attached hydrogens (tertiary/aromatic N) is 6. The first-order valence-electron chi connectivity index (χ1n) is 24.6. The highest BCUT2D eigenvalue weighted by Gasteiger charge is 2.54. The van der Waals surface area contributed by atoms with Crippen LogP contribution < -0.4 is 21.7 Å². The van der Waals surface area contributed by atoms with Crippen molar-refractivity contribution in [2.45, 2.75) is 81.8 Å². The lowest BCUT2D eigenvalue weighted by Gasteiger charge is -2.49. The number of anilines is 1. The number of amidine groups is 2. The summed E-state index contributed by atoms with van der Waals surface area (Å²) in [5, 5.41) is 15.5. The predicted octanol–water partition coefficient (Wildman–Crippen LogP) is 7.79. The fourth-order valence-corrected chi connectivity index (χ4v) is 9.96. The minimum absolute atomic E-state index is 0.0508. The number of fused-ring (bicyclic) bond motifs is 2. The van der Waals surface area contributed by atoms with E-state index in [-0.39, 0.29) is 66.1 Å². The average molecular weight is 1140 g/mol. The van der Waals surface area contributed by atoms with Crippen LogP contribution in [0.15, 0.2) is 119 Å². The van der Waals surface area contributed by atoms with Crippen LogP contribution in [0.1, 0.15) is 75.1 Å². The van der Waals surface area contributed by atoms with Crippen LogP contribution in [-0.2, 0) is 52.6 Å². The quantitative estimate of drug-likeness (QED) is 0.0285. The molecule has 5 amide bonds. The number of aromatic nitrogens is 3. The second kappa shape index (κ2) is 23.0. The molecule has 1 aromatic heterocycles. The Morgan fingerprint density at radius 3 is 2.41 bits per heavy atom. The number of imide groups is 1. The molecular formula is C54H45Cl2F5N10O9. The van der Waals surface area contributed by atoms with Gasteiger partial charge < -0.3 is 40.2 Å². The van der Waals surface area contributed by atoms with Gasteiger partial charge in [-0.15, -0.1) is 5.10 Å². The van der Waals surface area contributed by atoms with Gasteiger partial charge in [-0.25, -0.2) is 23.4 Å². The van der Waals surface area contributed by atoms with Gasteiger partial charge in [0.05, 0.1) is 29.9 Å². The number of halogens is 7. The van der Waals surface area contributed by atoms with Gasteiger partial charge in [-0.05, 0) is 85.1 Å². The van der Waals surface area contributed by atoms with Gasteiger partial charge in [0.15, 0.2) is 12.1 Å². The highest BCUT2D eigenvalue weighted by molar-refractivity contribution is 6.31. The maximum absolute atomic E-state index is 14.8. The molecule has 7 atom stereocenters. The van der Waals surface area contributed by atoms with Crippen LogP contribution in [0.2, 0.25) is 10.0 Å². The minimum Gasteiger partial charge on any atom is -0.387 e. The van der Waals surface area contributed by atoms with Gasteiger partial charge in [0.25, 0.3) is 11.8 Å². The van der Waals surface area contributed by atoms with Crippen molar-refractivity contribution in [3.8, 4) is 11.3 Å². The molecule has 26 heteroatoms. The molecule has 0 saturated carbocycles. The highest BCUT2D eigenvalue weighted by atomic mass is 35.5. The summed E-state index contributed by atoms with van der Waals surface area (Å²) in [5.74, 6) is -5.29. The molecule has 80 heavy (non-hydrogen) atoms. The zero-order valence-electron chi connectivity index (χ0n) is 41.8. The SMILES string of the molecule is CC(N)=NC(=Nc1cc(Cl)ccc1C(F)(F)F)[C@@H]1O[C@@H]2COC(c3ccccc3)O[C@@H]2[C@H](n2cc(-c3cc(F)c(Cl)c(F)c3)nn2)[C@H]1OCC(=O)NCc1ccc(C(=O)Nc2ccc3c(c2)CN(C2CCC(=O)NC2=O)C3=O)cc1. The normalized spacial score (nSPS) is 22.4. The predicted molar refractivity (Wildman–Crippen MR) is 277 cm³/mol. The lowest BCUT2D eigenvalue weighted by molar-refractivity contribution is -0.312. The number of amides is 5. The summed E-state index contributed by atoms with van der Waals surface area (Å²) in [4.78, 5) is 74.7. The molecule has 3 fully saturated rings. The first-order chi connectivity index (χ1) is 38.3. The lowest BCUT2D eigenvalue weighted by atomic mass is 9.90. The van der Waals surface area contributed by atoms with E-state index in [0.717, 1.165) is 30.3 Å². The van der Waals surface area contributed by atoms with Gasteiger partial charge in [0.1, 0.15) is 65.5 Å². The lowest BCUT2D eigenvalue weighted by Crippen LogP contribution is -2.62. The van der Waals surface area contributed by atoms with Gasteiger partial charge >= 0.3 is 6.18 Å². The maximum atomic E-state index is 14.8. The first kappa shape index (κ1) is 55.3. The van der Waals surface area contributed by atoms with Crippen molar-refractivity contribution < 1.29 is 64.9 Å². The molecule has 414 valence electrons. The number of hydrogen-bond donors (Lipinski definition) is 4. The Morgan fingerprint density at radius 1 is 0.950 bits per heavy atom. The van der Waals surface area contributed by atoms with Crippen LogP contribution in [0.25, 0.3) is 11.3 Å². The summed E-state index contributed by atoms with van der Waals surface area (Å²) < 4.78 is 100. The van der Waals surface area contributed by atoms with Gasteiger partial charge in [-0.1, -0.05) is 70.9 Å². The molecule has 19 nitrogen and oxygen atoms in total. The number of carbonyl (C=O) groups excluding carboxylic acids is 5. The van der Waals surface area contributed by atoms with E-state index in [1.807, 2.05) is 0 Å². The van der Waals surface area contributed by atoms with Crippen molar-refractivity contribution in [1.29, 1.82) is 0 Å². The van der Waals surface area contributed by atoms with Crippen molar-refractivity contribution in [3.63, 3.8) is 0 Å². The summed E-state index contributed by atoms with van der Waals surface area (Å²) in [6.45, 7) is 0.456. The molecule has 5 heterocycles. The Morgan fingerprint density at radius 2 is 1.70 bits per heavy atom. The van der Waals surface area contributed by atoms with E-state index in [2.05, 4.69) is 36.2 Å². The zero-order valence-corrected chi connectivity index (χ0v) is 43.3. The number of nitrogens with two attached hydrogens (primary N) is 1. The van der Waals surface area contributed by atoms with Crippen molar-refractivity contribution >= 4 is 75.8 Å². The molecular weight excluding hydrogens is 1100 g/mol. The highest BCUT2D eigenvalue weighted by Crippen LogP contribution is 2.43. The average Bonchev–Trinajstić information content (AvgIpc) is 4.12. The number of hydrogen-bond acceptors (Lipinski definition) is 12. The molecule has 0 spiro atoms. The van der Waals surface area contributed by atoms with E-state index in [9.17, 15) is 45.9 Å². The molecule has 10 rings (SSSR count). The van der Waals surface area contributed by atoms with Gasteiger partial charge in [0, 0.05) is 52.5 Å². The van der Waals surface area contributed by atoms with Crippen molar-refractivity contribution in [3.05, 3.63) is 164 Å². The van der Waals surface area contributed by atoms with E-state index in [4.69, 9.17) is 47.9 Å². The Bertz CT molecular complexity index is 3450. The molecule has 0 aliphatic carbocycles. The van der Waals surface area contributed by atoms with Crippen LogP contribution in [0, 0.1) is 11.6 Å². The number of rotatable bonds is 13.